The number of anilines is 2. The predicted octanol–water partition coefficient (Wildman–Crippen LogP) is 2.55. The van der Waals surface area contributed by atoms with Gasteiger partial charge in [0.15, 0.2) is 0 Å². The minimum absolute atomic E-state index is 0.0977. The molecule has 1 aromatic carbocycles. The summed E-state index contributed by atoms with van der Waals surface area (Å²) in [6.45, 7) is 6.50. The number of benzene rings is 1. The van der Waals surface area contributed by atoms with Gasteiger partial charge in [0.2, 0.25) is 5.91 Å². The largest absolute Gasteiger partial charge is 0.367 e. The summed E-state index contributed by atoms with van der Waals surface area (Å²) < 4.78 is 0. The van der Waals surface area contributed by atoms with Crippen LogP contribution in [0.4, 0.5) is 11.4 Å². The molecule has 1 N–H and O–H groups in total. The smallest absolute Gasteiger partial charge is 0.221 e. The molecular weight excluding hydrogens is 226 g/mol. The van der Waals surface area contributed by atoms with Crippen molar-refractivity contribution in [2.45, 2.75) is 13.3 Å². The number of nitrogens with zero attached hydrogens (tertiary/aromatic N) is 2. The van der Waals surface area contributed by atoms with Gasteiger partial charge in [-0.1, -0.05) is 12.1 Å². The molecule has 0 unspecified atom stereocenters. The van der Waals surface area contributed by atoms with E-state index in [1.54, 1.807) is 6.08 Å². The monoisotopic (exact) mass is 243 g/mol. The molecule has 0 aromatic heterocycles. The highest BCUT2D eigenvalue weighted by atomic mass is 16.1. The maximum atomic E-state index is 11.0. The summed E-state index contributed by atoms with van der Waals surface area (Å²) in [6.07, 6.45) is 2.25. The van der Waals surface area contributed by atoms with E-state index in [0.29, 0.717) is 19.5 Å². The third kappa shape index (κ3) is 4.30. The highest BCUT2D eigenvalue weighted by molar-refractivity contribution is 5.89. The van der Waals surface area contributed by atoms with Gasteiger partial charge in [0.05, 0.1) is 12.5 Å². The fourth-order valence-electron chi connectivity index (χ4n) is 1.65. The summed E-state index contributed by atoms with van der Waals surface area (Å²) in [7, 11) is 0. The molecule has 18 heavy (non-hydrogen) atoms. The molecule has 1 aromatic rings. The molecule has 0 saturated carbocycles. The zero-order chi connectivity index (χ0) is 13.4. The van der Waals surface area contributed by atoms with E-state index in [9.17, 15) is 4.79 Å². The van der Waals surface area contributed by atoms with Crippen LogP contribution in [0.2, 0.25) is 0 Å². The van der Waals surface area contributed by atoms with E-state index < -0.39 is 0 Å². The lowest BCUT2D eigenvalue weighted by Gasteiger charge is -2.22. The molecule has 4 heteroatoms. The van der Waals surface area contributed by atoms with Gasteiger partial charge in [-0.2, -0.15) is 5.26 Å². The number of nitriles is 1. The van der Waals surface area contributed by atoms with Crippen molar-refractivity contribution in [2.75, 3.05) is 23.3 Å². The fraction of sp³-hybridized carbons (Fsp3) is 0.286. The summed E-state index contributed by atoms with van der Waals surface area (Å²) in [5, 5.41) is 11.4. The highest BCUT2D eigenvalue weighted by Gasteiger charge is 2.05. The van der Waals surface area contributed by atoms with Crippen molar-refractivity contribution in [3.63, 3.8) is 0 Å². The summed E-state index contributed by atoms with van der Waals surface area (Å²) in [6, 6.07) is 9.68. The van der Waals surface area contributed by atoms with Crippen LogP contribution < -0.4 is 10.2 Å². The first-order chi connectivity index (χ1) is 8.67. The second-order valence-corrected chi connectivity index (χ2v) is 3.87. The van der Waals surface area contributed by atoms with Crippen molar-refractivity contribution in [1.29, 1.82) is 5.26 Å². The standard InChI is InChI=1S/C14H17N3O/c1-3-9-17(10-5-8-15)14-7-4-6-13(11-14)16-12(2)18/h3-4,6-7,11H,1,5,9-10H2,2H3,(H,16,18). The second-order valence-electron chi connectivity index (χ2n) is 3.87. The molecule has 0 radical (unpaired) electrons. The first-order valence-corrected chi connectivity index (χ1v) is 5.78. The van der Waals surface area contributed by atoms with Gasteiger partial charge in [0.1, 0.15) is 0 Å². The molecule has 94 valence electrons. The van der Waals surface area contributed by atoms with E-state index in [-0.39, 0.29) is 5.91 Å². The Bertz CT molecular complexity index is 462. The zero-order valence-electron chi connectivity index (χ0n) is 10.5. The number of nitrogens with one attached hydrogen (secondary N) is 1. The van der Waals surface area contributed by atoms with Crippen LogP contribution in [-0.4, -0.2) is 19.0 Å². The molecule has 0 aliphatic carbocycles. The van der Waals surface area contributed by atoms with Crippen LogP contribution in [-0.2, 0) is 4.79 Å². The van der Waals surface area contributed by atoms with Crippen LogP contribution in [0.25, 0.3) is 0 Å². The van der Waals surface area contributed by atoms with E-state index in [2.05, 4.69) is 18.0 Å². The van der Waals surface area contributed by atoms with E-state index >= 15 is 0 Å². The molecule has 0 saturated heterocycles. The minimum Gasteiger partial charge on any atom is -0.367 e. The molecule has 1 rings (SSSR count). The lowest BCUT2D eigenvalue weighted by Crippen LogP contribution is -2.24. The molecule has 0 bridgehead atoms. The Morgan fingerprint density at radius 1 is 1.61 bits per heavy atom. The molecular formula is C14H17N3O. The number of carbonyl (C=O) groups is 1. The molecule has 0 spiro atoms. The number of amides is 1. The van der Waals surface area contributed by atoms with Gasteiger partial charge in [-0.15, -0.1) is 6.58 Å². The Balaban J connectivity index is 2.86. The van der Waals surface area contributed by atoms with Gasteiger partial charge in [0, 0.05) is 31.4 Å². The summed E-state index contributed by atoms with van der Waals surface area (Å²) in [4.78, 5) is 13.1. The van der Waals surface area contributed by atoms with Crippen molar-refractivity contribution in [1.82, 2.24) is 0 Å². The number of hydrogen-bond acceptors (Lipinski definition) is 3. The molecule has 1 amide bonds. The molecule has 0 heterocycles. The van der Waals surface area contributed by atoms with Gasteiger partial charge in [-0.3, -0.25) is 4.79 Å². The lowest BCUT2D eigenvalue weighted by atomic mass is 10.2. The topological polar surface area (TPSA) is 56.1 Å². The van der Waals surface area contributed by atoms with Gasteiger partial charge in [0.25, 0.3) is 0 Å². The van der Waals surface area contributed by atoms with Gasteiger partial charge >= 0.3 is 0 Å². The maximum absolute atomic E-state index is 11.0. The third-order valence-electron chi connectivity index (χ3n) is 2.37. The molecule has 0 fully saturated rings. The van der Waals surface area contributed by atoms with Crippen LogP contribution in [0.15, 0.2) is 36.9 Å². The quantitative estimate of drug-likeness (QED) is 0.781. The van der Waals surface area contributed by atoms with Crippen LogP contribution in [0.5, 0.6) is 0 Å². The number of hydrogen-bond donors (Lipinski definition) is 1. The van der Waals surface area contributed by atoms with Crippen LogP contribution >= 0.6 is 0 Å². The molecule has 4 nitrogen and oxygen atoms in total. The van der Waals surface area contributed by atoms with Crippen LogP contribution in [0, 0.1) is 11.3 Å². The Kier molecular flexibility index (Phi) is 5.46. The zero-order valence-corrected chi connectivity index (χ0v) is 10.5. The molecule has 0 aliphatic heterocycles. The Labute approximate surface area is 108 Å². The van der Waals surface area contributed by atoms with Crippen molar-refractivity contribution in [3.05, 3.63) is 36.9 Å². The van der Waals surface area contributed by atoms with Gasteiger partial charge < -0.3 is 10.2 Å². The first kappa shape index (κ1) is 13.8. The Hall–Kier alpha value is -2.28. The SMILES string of the molecule is C=CCN(CCC#N)c1cccc(NC(C)=O)c1. The maximum Gasteiger partial charge on any atom is 0.221 e. The lowest BCUT2D eigenvalue weighted by molar-refractivity contribution is -0.114. The van der Waals surface area contributed by atoms with E-state index in [1.165, 1.54) is 6.92 Å². The van der Waals surface area contributed by atoms with E-state index in [1.807, 2.05) is 29.2 Å². The summed E-state index contributed by atoms with van der Waals surface area (Å²) >= 11 is 0. The summed E-state index contributed by atoms with van der Waals surface area (Å²) in [5.41, 5.74) is 1.72. The normalized spacial score (nSPS) is 9.33. The molecule has 0 aliphatic rings. The van der Waals surface area contributed by atoms with Crippen LogP contribution in [0.3, 0.4) is 0 Å². The number of rotatable bonds is 6. The minimum atomic E-state index is -0.0977. The van der Waals surface area contributed by atoms with Gasteiger partial charge in [-0.25, -0.2) is 0 Å². The fourth-order valence-corrected chi connectivity index (χ4v) is 1.65. The first-order valence-electron chi connectivity index (χ1n) is 5.78. The average molecular weight is 243 g/mol. The van der Waals surface area contributed by atoms with Crippen molar-refractivity contribution < 1.29 is 4.79 Å². The second kappa shape index (κ2) is 7.13. The summed E-state index contributed by atoms with van der Waals surface area (Å²) in [5.74, 6) is -0.0977. The van der Waals surface area contributed by atoms with Crippen molar-refractivity contribution in [2.24, 2.45) is 0 Å². The van der Waals surface area contributed by atoms with Crippen molar-refractivity contribution >= 4 is 17.3 Å². The van der Waals surface area contributed by atoms with E-state index in [4.69, 9.17) is 5.26 Å². The van der Waals surface area contributed by atoms with Gasteiger partial charge in [-0.05, 0) is 18.2 Å². The molecule has 0 atom stereocenters. The average Bonchev–Trinajstić information content (AvgIpc) is 2.34. The van der Waals surface area contributed by atoms with Crippen molar-refractivity contribution in [3.8, 4) is 6.07 Å². The highest BCUT2D eigenvalue weighted by Crippen LogP contribution is 2.19. The predicted molar refractivity (Wildman–Crippen MR) is 73.4 cm³/mol. The Morgan fingerprint density at radius 3 is 3.00 bits per heavy atom. The third-order valence-corrected chi connectivity index (χ3v) is 2.37. The Morgan fingerprint density at radius 2 is 2.39 bits per heavy atom. The van der Waals surface area contributed by atoms with Crippen LogP contribution in [0.1, 0.15) is 13.3 Å². The number of carbonyl (C=O) groups excluding carboxylic acids is 1. The van der Waals surface area contributed by atoms with E-state index in [0.717, 1.165) is 11.4 Å².